The van der Waals surface area contributed by atoms with Crippen LogP contribution in [-0.2, 0) is 6.42 Å². The van der Waals surface area contributed by atoms with Crippen LogP contribution in [0.3, 0.4) is 0 Å². The van der Waals surface area contributed by atoms with E-state index in [2.05, 4.69) is 61.4 Å². The Morgan fingerprint density at radius 3 is 2.73 bits per heavy atom. The summed E-state index contributed by atoms with van der Waals surface area (Å²) in [4.78, 5) is 7.78. The van der Waals surface area contributed by atoms with Gasteiger partial charge in [0.25, 0.3) is 0 Å². The summed E-state index contributed by atoms with van der Waals surface area (Å²) in [5.74, 6) is 0.971. The summed E-state index contributed by atoms with van der Waals surface area (Å²) in [5.41, 5.74) is 5.71. The number of H-pyrrole nitrogens is 1. The maximum absolute atomic E-state index is 5.96. The van der Waals surface area contributed by atoms with E-state index in [0.29, 0.717) is 0 Å². The van der Waals surface area contributed by atoms with Crippen LogP contribution in [0.1, 0.15) is 18.1 Å². The first-order chi connectivity index (χ1) is 10.6. The van der Waals surface area contributed by atoms with Gasteiger partial charge >= 0.3 is 0 Å². The fourth-order valence-electron chi connectivity index (χ4n) is 2.58. The molecule has 2 heterocycles. The number of nitrogens with one attached hydrogen (secondary N) is 1. The van der Waals surface area contributed by atoms with E-state index in [1.54, 1.807) is 0 Å². The molecule has 0 saturated carbocycles. The summed E-state index contributed by atoms with van der Waals surface area (Å²) >= 11 is 0. The molecule has 22 heavy (non-hydrogen) atoms. The Labute approximate surface area is 132 Å². The van der Waals surface area contributed by atoms with E-state index in [1.165, 1.54) is 16.5 Å². The van der Waals surface area contributed by atoms with Crippen molar-refractivity contribution < 1.29 is 4.52 Å². The van der Waals surface area contributed by atoms with E-state index < -0.39 is 8.15 Å². The Morgan fingerprint density at radius 2 is 2.00 bits per heavy atom. The number of rotatable bonds is 4. The van der Waals surface area contributed by atoms with Crippen LogP contribution in [-0.4, -0.2) is 23.3 Å². The molecule has 3 aromatic rings. The molecule has 0 bridgehead atoms. The minimum Gasteiger partial charge on any atom is -0.474 e. The average molecular weight is 312 g/mol. The van der Waals surface area contributed by atoms with E-state index in [4.69, 9.17) is 4.52 Å². The van der Waals surface area contributed by atoms with E-state index in [1.807, 2.05) is 12.4 Å². The lowest BCUT2D eigenvalue weighted by atomic mass is 10.0. The van der Waals surface area contributed by atoms with Crippen molar-refractivity contribution in [3.63, 3.8) is 0 Å². The van der Waals surface area contributed by atoms with E-state index in [-0.39, 0.29) is 0 Å². The Morgan fingerprint density at radius 1 is 1.18 bits per heavy atom. The zero-order chi connectivity index (χ0) is 15.7. The monoisotopic (exact) mass is 312 g/mol. The van der Waals surface area contributed by atoms with Crippen molar-refractivity contribution in [3.8, 4) is 16.9 Å². The quantitative estimate of drug-likeness (QED) is 0.678. The van der Waals surface area contributed by atoms with Crippen LogP contribution < -0.4 is 4.52 Å². The van der Waals surface area contributed by atoms with Gasteiger partial charge < -0.3 is 9.51 Å². The SMILES string of the molecule is CCc1c[nH]c2ncc(-c3ccc(C)c(OP(C)C)c3)cc12. The first-order valence-electron chi connectivity index (χ1n) is 7.51. The van der Waals surface area contributed by atoms with Gasteiger partial charge in [0.2, 0.25) is 0 Å². The molecule has 0 spiro atoms. The molecule has 0 aliphatic rings. The normalized spacial score (nSPS) is 11.3. The third-order valence-electron chi connectivity index (χ3n) is 3.80. The first-order valence-corrected chi connectivity index (χ1v) is 9.66. The molecule has 2 aromatic heterocycles. The highest BCUT2D eigenvalue weighted by atomic mass is 31.1. The predicted octanol–water partition coefficient (Wildman–Crippen LogP) is 5.14. The van der Waals surface area contributed by atoms with Crippen LogP contribution in [0.25, 0.3) is 22.2 Å². The van der Waals surface area contributed by atoms with Gasteiger partial charge in [-0.25, -0.2) is 4.98 Å². The highest BCUT2D eigenvalue weighted by molar-refractivity contribution is 7.51. The Bertz CT molecular complexity index is 808. The summed E-state index contributed by atoms with van der Waals surface area (Å²) in [7, 11) is -0.423. The second kappa shape index (κ2) is 6.10. The molecular formula is C18H21N2OP. The molecular weight excluding hydrogens is 291 g/mol. The van der Waals surface area contributed by atoms with Crippen LogP contribution >= 0.6 is 8.15 Å². The van der Waals surface area contributed by atoms with Crippen molar-refractivity contribution in [1.29, 1.82) is 0 Å². The van der Waals surface area contributed by atoms with Crippen molar-refractivity contribution in [1.82, 2.24) is 9.97 Å². The fourth-order valence-corrected chi connectivity index (χ4v) is 3.17. The number of aryl methyl sites for hydroxylation is 2. The highest BCUT2D eigenvalue weighted by Crippen LogP contribution is 2.35. The van der Waals surface area contributed by atoms with E-state index in [9.17, 15) is 0 Å². The summed E-state index contributed by atoms with van der Waals surface area (Å²) in [6.45, 7) is 8.48. The summed E-state index contributed by atoms with van der Waals surface area (Å²) in [6.07, 6.45) is 4.98. The number of hydrogen-bond donors (Lipinski definition) is 1. The van der Waals surface area contributed by atoms with Crippen LogP contribution in [0.2, 0.25) is 0 Å². The maximum Gasteiger partial charge on any atom is 0.137 e. The lowest BCUT2D eigenvalue weighted by Crippen LogP contribution is -1.89. The molecule has 3 rings (SSSR count). The molecule has 0 radical (unpaired) electrons. The largest absolute Gasteiger partial charge is 0.474 e. The van der Waals surface area contributed by atoms with E-state index >= 15 is 0 Å². The summed E-state index contributed by atoms with van der Waals surface area (Å²) in [6, 6.07) is 8.59. The number of hydrogen-bond acceptors (Lipinski definition) is 2. The molecule has 1 N–H and O–H groups in total. The molecule has 0 saturated heterocycles. The fraction of sp³-hybridized carbons (Fsp3) is 0.278. The molecule has 0 aliphatic heterocycles. The summed E-state index contributed by atoms with van der Waals surface area (Å²) in [5, 5.41) is 1.20. The van der Waals surface area contributed by atoms with Crippen LogP contribution in [0.5, 0.6) is 5.75 Å². The highest BCUT2D eigenvalue weighted by Gasteiger charge is 2.09. The minimum absolute atomic E-state index is 0.423. The molecule has 0 atom stereocenters. The Hall–Kier alpha value is -1.86. The van der Waals surface area contributed by atoms with Crippen LogP contribution in [0.15, 0.2) is 36.7 Å². The molecule has 3 nitrogen and oxygen atoms in total. The van der Waals surface area contributed by atoms with Gasteiger partial charge in [-0.1, -0.05) is 19.1 Å². The molecule has 0 aliphatic carbocycles. The predicted molar refractivity (Wildman–Crippen MR) is 95.0 cm³/mol. The van der Waals surface area contributed by atoms with Gasteiger partial charge in [0.15, 0.2) is 0 Å². The number of aromatic nitrogens is 2. The van der Waals surface area contributed by atoms with Crippen LogP contribution in [0, 0.1) is 6.92 Å². The zero-order valence-corrected chi connectivity index (χ0v) is 14.4. The number of aromatic amines is 1. The molecule has 4 heteroatoms. The van der Waals surface area contributed by atoms with E-state index in [0.717, 1.165) is 28.9 Å². The number of pyridine rings is 1. The molecule has 0 unspecified atom stereocenters. The minimum atomic E-state index is -0.423. The number of nitrogens with zero attached hydrogens (tertiary/aromatic N) is 1. The lowest BCUT2D eigenvalue weighted by molar-refractivity contribution is 0.618. The second-order valence-electron chi connectivity index (χ2n) is 5.67. The smallest absolute Gasteiger partial charge is 0.137 e. The van der Waals surface area contributed by atoms with Gasteiger partial charge in [-0.3, -0.25) is 0 Å². The van der Waals surface area contributed by atoms with Crippen molar-refractivity contribution >= 4 is 19.2 Å². The Balaban J connectivity index is 2.06. The zero-order valence-electron chi connectivity index (χ0n) is 13.5. The third-order valence-corrected chi connectivity index (χ3v) is 4.36. The standard InChI is InChI=1S/C18H21N2OP/c1-5-13-10-19-18-16(13)8-15(11-20-18)14-7-6-12(2)17(9-14)21-22(3)4/h6-11H,5H2,1-4H3,(H,19,20). The number of benzene rings is 1. The maximum atomic E-state index is 5.96. The molecule has 1 aromatic carbocycles. The topological polar surface area (TPSA) is 37.9 Å². The van der Waals surface area contributed by atoms with Gasteiger partial charge in [-0.05, 0) is 55.5 Å². The van der Waals surface area contributed by atoms with Gasteiger partial charge in [-0.2, -0.15) is 0 Å². The molecule has 0 fully saturated rings. The van der Waals surface area contributed by atoms with Crippen molar-refractivity contribution in [3.05, 3.63) is 47.8 Å². The average Bonchev–Trinajstić information content (AvgIpc) is 2.91. The van der Waals surface area contributed by atoms with Gasteiger partial charge in [0.1, 0.15) is 11.4 Å². The van der Waals surface area contributed by atoms with Gasteiger partial charge in [0, 0.05) is 23.3 Å². The molecule has 114 valence electrons. The lowest BCUT2D eigenvalue weighted by Gasteiger charge is -2.13. The third kappa shape index (κ3) is 2.86. The van der Waals surface area contributed by atoms with Crippen molar-refractivity contribution in [2.75, 3.05) is 13.3 Å². The van der Waals surface area contributed by atoms with Gasteiger partial charge in [-0.15, -0.1) is 0 Å². The molecule has 0 amide bonds. The Kier molecular flexibility index (Phi) is 4.17. The van der Waals surface area contributed by atoms with Crippen molar-refractivity contribution in [2.45, 2.75) is 20.3 Å². The number of fused-ring (bicyclic) bond motifs is 1. The second-order valence-corrected chi connectivity index (χ2v) is 7.48. The summed E-state index contributed by atoms with van der Waals surface area (Å²) < 4.78 is 5.96. The van der Waals surface area contributed by atoms with Crippen LogP contribution in [0.4, 0.5) is 0 Å². The first kappa shape index (κ1) is 15.1. The van der Waals surface area contributed by atoms with Crippen molar-refractivity contribution in [2.24, 2.45) is 0 Å². The van der Waals surface area contributed by atoms with Gasteiger partial charge in [0.05, 0.1) is 8.15 Å².